The molecule has 0 aliphatic rings. The lowest BCUT2D eigenvalue weighted by atomic mass is 10.0. The summed E-state index contributed by atoms with van der Waals surface area (Å²) in [4.78, 5) is 12.7. The van der Waals surface area contributed by atoms with Crippen molar-refractivity contribution in [3.63, 3.8) is 0 Å². The zero-order valence-corrected chi connectivity index (χ0v) is 10.2. The fraction of sp³-hybridized carbons (Fsp3) is 0.545. The first-order chi connectivity index (χ1) is 7.02. The average Bonchev–Trinajstić information content (AvgIpc) is 2.65. The van der Waals surface area contributed by atoms with Gasteiger partial charge in [-0.3, -0.25) is 4.79 Å². The number of nitrogens with two attached hydrogens (primary N) is 1. The maximum Gasteiger partial charge on any atom is 0.237 e. The van der Waals surface area contributed by atoms with Gasteiger partial charge in [-0.1, -0.05) is 19.9 Å². The Morgan fingerprint density at radius 3 is 2.53 bits per heavy atom. The molecule has 0 fully saturated rings. The van der Waals surface area contributed by atoms with Crippen molar-refractivity contribution in [3.05, 3.63) is 22.4 Å². The molecule has 0 aliphatic carbocycles. The van der Waals surface area contributed by atoms with Gasteiger partial charge in [-0.2, -0.15) is 0 Å². The van der Waals surface area contributed by atoms with Crippen LogP contribution in [0, 0.1) is 5.92 Å². The van der Waals surface area contributed by atoms with Crippen molar-refractivity contribution >= 4 is 17.2 Å². The van der Waals surface area contributed by atoms with Gasteiger partial charge in [0, 0.05) is 4.88 Å². The standard InChI is InChI=1S/C11H18N2OS/c1-7(2)10(9-5-4-6-15-9)13-11(14)8(3)12/h4-8,10H,12H2,1-3H3,(H,13,14)/t8-,10?/m1/s1. The first-order valence-corrected chi connectivity index (χ1v) is 5.99. The van der Waals surface area contributed by atoms with Gasteiger partial charge < -0.3 is 11.1 Å². The normalized spacial score (nSPS) is 15.0. The number of carbonyl (C=O) groups is 1. The average molecular weight is 226 g/mol. The largest absolute Gasteiger partial charge is 0.347 e. The quantitative estimate of drug-likeness (QED) is 0.824. The molecular weight excluding hydrogens is 208 g/mol. The number of rotatable bonds is 4. The van der Waals surface area contributed by atoms with Crippen molar-refractivity contribution in [2.24, 2.45) is 11.7 Å². The van der Waals surface area contributed by atoms with E-state index >= 15 is 0 Å². The number of thiophene rings is 1. The molecule has 0 saturated carbocycles. The molecule has 1 rings (SSSR count). The van der Waals surface area contributed by atoms with Crippen molar-refractivity contribution in [1.82, 2.24) is 5.32 Å². The Labute approximate surface area is 94.7 Å². The lowest BCUT2D eigenvalue weighted by Gasteiger charge is -2.22. The Morgan fingerprint density at radius 1 is 1.47 bits per heavy atom. The minimum absolute atomic E-state index is 0.0727. The van der Waals surface area contributed by atoms with E-state index in [0.29, 0.717) is 5.92 Å². The highest BCUT2D eigenvalue weighted by atomic mass is 32.1. The maximum atomic E-state index is 11.5. The Kier molecular flexibility index (Phi) is 4.29. The maximum absolute atomic E-state index is 11.5. The van der Waals surface area contributed by atoms with Crippen molar-refractivity contribution in [2.45, 2.75) is 32.9 Å². The third kappa shape index (κ3) is 3.32. The summed E-state index contributed by atoms with van der Waals surface area (Å²) in [6.07, 6.45) is 0. The summed E-state index contributed by atoms with van der Waals surface area (Å²) in [5, 5.41) is 4.98. The summed E-state index contributed by atoms with van der Waals surface area (Å²) < 4.78 is 0. The van der Waals surface area contributed by atoms with Crippen molar-refractivity contribution in [2.75, 3.05) is 0 Å². The van der Waals surface area contributed by atoms with Crippen molar-refractivity contribution < 1.29 is 4.79 Å². The van der Waals surface area contributed by atoms with Gasteiger partial charge in [0.2, 0.25) is 5.91 Å². The highest BCUT2D eigenvalue weighted by Crippen LogP contribution is 2.25. The molecule has 0 bridgehead atoms. The molecule has 0 spiro atoms. The van der Waals surface area contributed by atoms with Crippen LogP contribution in [0.4, 0.5) is 0 Å². The molecule has 1 amide bonds. The molecule has 0 radical (unpaired) electrons. The lowest BCUT2D eigenvalue weighted by molar-refractivity contribution is -0.123. The first kappa shape index (κ1) is 12.2. The molecule has 0 aliphatic heterocycles. The fourth-order valence-electron chi connectivity index (χ4n) is 1.32. The van der Waals surface area contributed by atoms with Gasteiger partial charge >= 0.3 is 0 Å². The van der Waals surface area contributed by atoms with E-state index in [1.54, 1.807) is 18.3 Å². The van der Waals surface area contributed by atoms with E-state index in [2.05, 4.69) is 19.2 Å². The molecule has 0 saturated heterocycles. The molecule has 4 heteroatoms. The number of carbonyl (C=O) groups excluding carboxylic acids is 1. The summed E-state index contributed by atoms with van der Waals surface area (Å²) in [5.41, 5.74) is 5.53. The van der Waals surface area contributed by atoms with Crippen LogP contribution >= 0.6 is 11.3 Å². The zero-order valence-electron chi connectivity index (χ0n) is 9.36. The highest BCUT2D eigenvalue weighted by molar-refractivity contribution is 7.10. The molecule has 0 aromatic carbocycles. The molecule has 1 aromatic heterocycles. The van der Waals surface area contributed by atoms with Gasteiger partial charge in [0.05, 0.1) is 12.1 Å². The van der Waals surface area contributed by atoms with E-state index in [4.69, 9.17) is 5.73 Å². The van der Waals surface area contributed by atoms with Crippen LogP contribution < -0.4 is 11.1 Å². The van der Waals surface area contributed by atoms with Crippen molar-refractivity contribution in [1.29, 1.82) is 0 Å². The minimum atomic E-state index is -0.453. The molecule has 84 valence electrons. The second-order valence-electron chi connectivity index (χ2n) is 4.03. The van der Waals surface area contributed by atoms with Crippen LogP contribution in [-0.2, 0) is 4.79 Å². The van der Waals surface area contributed by atoms with Crippen LogP contribution in [0.5, 0.6) is 0 Å². The summed E-state index contributed by atoms with van der Waals surface area (Å²) in [6, 6.07) is 3.65. The molecule has 3 nitrogen and oxygen atoms in total. The second kappa shape index (κ2) is 5.28. The summed E-state index contributed by atoms with van der Waals surface area (Å²) >= 11 is 1.66. The fourth-order valence-corrected chi connectivity index (χ4v) is 2.27. The second-order valence-corrected chi connectivity index (χ2v) is 5.01. The third-order valence-electron chi connectivity index (χ3n) is 2.23. The number of nitrogens with one attached hydrogen (secondary N) is 1. The molecule has 1 unspecified atom stereocenters. The van der Waals surface area contributed by atoms with E-state index in [-0.39, 0.29) is 11.9 Å². The first-order valence-electron chi connectivity index (χ1n) is 5.11. The Balaban J connectivity index is 2.72. The summed E-state index contributed by atoms with van der Waals surface area (Å²) in [6.45, 7) is 5.87. The van der Waals surface area contributed by atoms with Crippen LogP contribution in [0.15, 0.2) is 17.5 Å². The Bertz CT molecular complexity index is 306. The summed E-state index contributed by atoms with van der Waals surface area (Å²) in [5.74, 6) is 0.272. The topological polar surface area (TPSA) is 55.1 Å². The number of amides is 1. The zero-order chi connectivity index (χ0) is 11.4. The van der Waals surface area contributed by atoms with E-state index < -0.39 is 6.04 Å². The Hall–Kier alpha value is -0.870. The van der Waals surface area contributed by atoms with E-state index in [1.165, 1.54) is 4.88 Å². The van der Waals surface area contributed by atoms with Gasteiger partial charge in [-0.25, -0.2) is 0 Å². The number of hydrogen-bond acceptors (Lipinski definition) is 3. The molecule has 15 heavy (non-hydrogen) atoms. The van der Waals surface area contributed by atoms with Gasteiger partial charge in [0.15, 0.2) is 0 Å². The SMILES string of the molecule is CC(C)C(NC(=O)[C@@H](C)N)c1cccs1. The van der Waals surface area contributed by atoms with Gasteiger partial charge in [-0.15, -0.1) is 11.3 Å². The monoisotopic (exact) mass is 226 g/mol. The molecule has 2 atom stereocenters. The summed E-state index contributed by atoms with van der Waals surface area (Å²) in [7, 11) is 0. The van der Waals surface area contributed by atoms with Gasteiger partial charge in [0.25, 0.3) is 0 Å². The third-order valence-corrected chi connectivity index (χ3v) is 3.18. The van der Waals surface area contributed by atoms with Crippen LogP contribution in [0.25, 0.3) is 0 Å². The smallest absolute Gasteiger partial charge is 0.237 e. The minimum Gasteiger partial charge on any atom is -0.347 e. The molecule has 1 aromatic rings. The Morgan fingerprint density at radius 2 is 2.13 bits per heavy atom. The highest BCUT2D eigenvalue weighted by Gasteiger charge is 2.20. The predicted molar refractivity (Wildman–Crippen MR) is 63.7 cm³/mol. The van der Waals surface area contributed by atoms with Gasteiger partial charge in [-0.05, 0) is 24.3 Å². The molecular formula is C11H18N2OS. The van der Waals surface area contributed by atoms with Crippen LogP contribution in [0.2, 0.25) is 0 Å². The van der Waals surface area contributed by atoms with Gasteiger partial charge in [0.1, 0.15) is 0 Å². The van der Waals surface area contributed by atoms with E-state index in [1.807, 2.05) is 17.5 Å². The predicted octanol–water partition coefficient (Wildman–Crippen LogP) is 1.91. The van der Waals surface area contributed by atoms with E-state index in [0.717, 1.165) is 0 Å². The van der Waals surface area contributed by atoms with Crippen LogP contribution in [0.1, 0.15) is 31.7 Å². The lowest BCUT2D eigenvalue weighted by Crippen LogP contribution is -2.41. The molecule has 1 heterocycles. The number of hydrogen-bond donors (Lipinski definition) is 2. The van der Waals surface area contributed by atoms with Crippen LogP contribution in [-0.4, -0.2) is 11.9 Å². The van der Waals surface area contributed by atoms with E-state index in [9.17, 15) is 4.79 Å². The van der Waals surface area contributed by atoms with Crippen LogP contribution in [0.3, 0.4) is 0 Å². The van der Waals surface area contributed by atoms with Crippen molar-refractivity contribution in [3.8, 4) is 0 Å². The molecule has 3 N–H and O–H groups in total.